The minimum atomic E-state index is -0.462. The van der Waals surface area contributed by atoms with Gasteiger partial charge in [0.15, 0.2) is 0 Å². The van der Waals surface area contributed by atoms with E-state index in [1.165, 1.54) is 7.11 Å². The normalized spacial score (nSPS) is 17.5. The SMILES string of the molecule is CCc1ccc2ccccc2c1C(=O)N1CCC[C@H]1C(=O)OC. The van der Waals surface area contributed by atoms with Crippen LogP contribution in [0.4, 0.5) is 0 Å². The summed E-state index contributed by atoms with van der Waals surface area (Å²) >= 11 is 0. The number of benzene rings is 2. The molecule has 1 aliphatic rings. The maximum absolute atomic E-state index is 13.2. The Labute approximate surface area is 136 Å². The number of esters is 1. The predicted octanol–water partition coefficient (Wildman–Crippen LogP) is 3.18. The van der Waals surface area contributed by atoms with Gasteiger partial charge >= 0.3 is 5.97 Å². The molecule has 3 rings (SSSR count). The second-order valence-corrected chi connectivity index (χ2v) is 5.85. The minimum absolute atomic E-state index is 0.0634. The molecule has 0 aromatic heterocycles. The summed E-state index contributed by atoms with van der Waals surface area (Å²) in [5, 5.41) is 1.99. The third-order valence-electron chi connectivity index (χ3n) is 4.60. The Morgan fingerprint density at radius 1 is 1.22 bits per heavy atom. The van der Waals surface area contributed by atoms with E-state index in [-0.39, 0.29) is 11.9 Å². The second kappa shape index (κ2) is 6.41. The highest BCUT2D eigenvalue weighted by Gasteiger charge is 2.36. The number of carbonyl (C=O) groups excluding carboxylic acids is 2. The molecule has 2 aromatic carbocycles. The van der Waals surface area contributed by atoms with E-state index in [4.69, 9.17) is 4.74 Å². The highest BCUT2D eigenvalue weighted by Crippen LogP contribution is 2.28. The molecule has 1 amide bonds. The zero-order valence-corrected chi connectivity index (χ0v) is 13.5. The summed E-state index contributed by atoms with van der Waals surface area (Å²) in [4.78, 5) is 26.8. The molecule has 4 heteroatoms. The highest BCUT2D eigenvalue weighted by atomic mass is 16.5. The topological polar surface area (TPSA) is 46.6 Å². The predicted molar refractivity (Wildman–Crippen MR) is 89.4 cm³/mol. The van der Waals surface area contributed by atoms with Crippen molar-refractivity contribution in [2.24, 2.45) is 0 Å². The van der Waals surface area contributed by atoms with Crippen molar-refractivity contribution in [2.75, 3.05) is 13.7 Å². The van der Waals surface area contributed by atoms with Crippen LogP contribution in [0.25, 0.3) is 10.8 Å². The molecule has 1 atom stereocenters. The van der Waals surface area contributed by atoms with Crippen LogP contribution in [0.15, 0.2) is 36.4 Å². The number of fused-ring (bicyclic) bond motifs is 1. The lowest BCUT2D eigenvalue weighted by atomic mass is 9.96. The van der Waals surface area contributed by atoms with Crippen LogP contribution in [0.1, 0.15) is 35.7 Å². The van der Waals surface area contributed by atoms with E-state index in [2.05, 4.69) is 0 Å². The van der Waals surface area contributed by atoms with Gasteiger partial charge in [-0.25, -0.2) is 4.79 Å². The van der Waals surface area contributed by atoms with E-state index in [9.17, 15) is 9.59 Å². The standard InChI is InChI=1S/C19H21NO3/c1-3-13-10-11-14-7-4-5-8-15(14)17(13)18(21)20-12-6-9-16(20)19(22)23-2/h4-5,7-8,10-11,16H,3,6,9,12H2,1-2H3/t16-/m0/s1. The van der Waals surface area contributed by atoms with Crippen LogP contribution >= 0.6 is 0 Å². The second-order valence-electron chi connectivity index (χ2n) is 5.85. The summed E-state index contributed by atoms with van der Waals surface area (Å²) in [6.07, 6.45) is 2.28. The lowest BCUT2D eigenvalue weighted by molar-refractivity contribution is -0.145. The number of amides is 1. The highest BCUT2D eigenvalue weighted by molar-refractivity contribution is 6.09. The molecule has 0 unspecified atom stereocenters. The molecular formula is C19H21NO3. The van der Waals surface area contributed by atoms with Crippen molar-refractivity contribution in [1.82, 2.24) is 4.90 Å². The van der Waals surface area contributed by atoms with Crippen LogP contribution in [0.3, 0.4) is 0 Å². The first kappa shape index (κ1) is 15.5. The van der Waals surface area contributed by atoms with Gasteiger partial charge in [0, 0.05) is 6.54 Å². The van der Waals surface area contributed by atoms with Crippen molar-refractivity contribution in [3.63, 3.8) is 0 Å². The Morgan fingerprint density at radius 2 is 2.00 bits per heavy atom. The van der Waals surface area contributed by atoms with Gasteiger partial charge in [-0.15, -0.1) is 0 Å². The van der Waals surface area contributed by atoms with Crippen LogP contribution in [-0.2, 0) is 16.0 Å². The van der Waals surface area contributed by atoms with E-state index < -0.39 is 6.04 Å². The van der Waals surface area contributed by atoms with Crippen LogP contribution in [0.2, 0.25) is 0 Å². The van der Waals surface area contributed by atoms with Gasteiger partial charge in [0.1, 0.15) is 6.04 Å². The number of hydrogen-bond donors (Lipinski definition) is 0. The number of nitrogens with zero attached hydrogens (tertiary/aromatic N) is 1. The minimum Gasteiger partial charge on any atom is -0.467 e. The average Bonchev–Trinajstić information content (AvgIpc) is 3.09. The third-order valence-corrected chi connectivity index (χ3v) is 4.60. The molecule has 120 valence electrons. The van der Waals surface area contributed by atoms with E-state index in [1.807, 2.05) is 43.3 Å². The van der Waals surface area contributed by atoms with Gasteiger partial charge in [-0.2, -0.15) is 0 Å². The first-order valence-corrected chi connectivity index (χ1v) is 8.06. The van der Waals surface area contributed by atoms with Crippen molar-refractivity contribution >= 4 is 22.6 Å². The monoisotopic (exact) mass is 311 g/mol. The van der Waals surface area contributed by atoms with Gasteiger partial charge in [-0.3, -0.25) is 4.79 Å². The van der Waals surface area contributed by atoms with E-state index >= 15 is 0 Å². The number of carbonyl (C=O) groups is 2. The largest absolute Gasteiger partial charge is 0.467 e. The Kier molecular flexibility index (Phi) is 4.33. The molecule has 0 bridgehead atoms. The number of rotatable bonds is 3. The maximum Gasteiger partial charge on any atom is 0.328 e. The molecule has 0 saturated carbocycles. The molecule has 1 fully saturated rings. The number of hydrogen-bond acceptors (Lipinski definition) is 3. The maximum atomic E-state index is 13.2. The van der Waals surface area contributed by atoms with Crippen LogP contribution in [0.5, 0.6) is 0 Å². The molecular weight excluding hydrogens is 290 g/mol. The van der Waals surface area contributed by atoms with E-state index in [0.29, 0.717) is 13.0 Å². The van der Waals surface area contributed by atoms with Crippen molar-refractivity contribution in [3.8, 4) is 0 Å². The zero-order valence-electron chi connectivity index (χ0n) is 13.5. The summed E-state index contributed by atoms with van der Waals surface area (Å²) in [5.41, 5.74) is 1.74. The fourth-order valence-electron chi connectivity index (χ4n) is 3.40. The van der Waals surface area contributed by atoms with Gasteiger partial charge < -0.3 is 9.64 Å². The number of likely N-dealkylation sites (tertiary alicyclic amines) is 1. The first-order valence-electron chi connectivity index (χ1n) is 8.06. The quantitative estimate of drug-likeness (QED) is 0.818. The lowest BCUT2D eigenvalue weighted by Crippen LogP contribution is -2.41. The van der Waals surface area contributed by atoms with Crippen LogP contribution in [0, 0.1) is 0 Å². The zero-order chi connectivity index (χ0) is 16.4. The molecule has 0 spiro atoms. The Morgan fingerprint density at radius 3 is 2.74 bits per heavy atom. The van der Waals surface area contributed by atoms with Gasteiger partial charge in [0.05, 0.1) is 12.7 Å². The molecule has 1 aliphatic heterocycles. The summed E-state index contributed by atoms with van der Waals surface area (Å²) in [7, 11) is 1.37. The van der Waals surface area contributed by atoms with Crippen LogP contribution < -0.4 is 0 Å². The summed E-state index contributed by atoms with van der Waals surface area (Å²) in [5.74, 6) is -0.388. The van der Waals surface area contributed by atoms with Crippen molar-refractivity contribution < 1.29 is 14.3 Å². The van der Waals surface area contributed by atoms with Crippen molar-refractivity contribution in [1.29, 1.82) is 0 Å². The number of ether oxygens (including phenoxy) is 1. The fourth-order valence-corrected chi connectivity index (χ4v) is 3.40. The number of aryl methyl sites for hydroxylation is 1. The molecule has 0 radical (unpaired) electrons. The fraction of sp³-hybridized carbons (Fsp3) is 0.368. The van der Waals surface area contributed by atoms with Gasteiger partial charge in [0.2, 0.25) is 0 Å². The van der Waals surface area contributed by atoms with Gasteiger partial charge in [-0.1, -0.05) is 43.3 Å². The van der Waals surface area contributed by atoms with Crippen molar-refractivity contribution in [2.45, 2.75) is 32.2 Å². The van der Waals surface area contributed by atoms with Crippen LogP contribution in [-0.4, -0.2) is 36.5 Å². The summed E-state index contributed by atoms with van der Waals surface area (Å²) in [6.45, 7) is 2.65. The Hall–Kier alpha value is -2.36. The molecule has 1 saturated heterocycles. The van der Waals surface area contributed by atoms with Gasteiger partial charge in [0.25, 0.3) is 5.91 Å². The molecule has 1 heterocycles. The smallest absolute Gasteiger partial charge is 0.328 e. The molecule has 4 nitrogen and oxygen atoms in total. The molecule has 23 heavy (non-hydrogen) atoms. The van der Waals surface area contributed by atoms with Gasteiger partial charge in [-0.05, 0) is 35.6 Å². The first-order chi connectivity index (χ1) is 11.2. The summed E-state index contributed by atoms with van der Waals surface area (Å²) < 4.78 is 4.86. The third kappa shape index (κ3) is 2.69. The van der Waals surface area contributed by atoms with E-state index in [0.717, 1.165) is 34.7 Å². The molecule has 0 N–H and O–H groups in total. The molecule has 2 aromatic rings. The summed E-state index contributed by atoms with van der Waals surface area (Å²) in [6, 6.07) is 11.5. The molecule has 0 aliphatic carbocycles. The van der Waals surface area contributed by atoms with E-state index in [1.54, 1.807) is 4.90 Å². The Balaban J connectivity index is 2.08. The number of methoxy groups -OCH3 is 1. The average molecular weight is 311 g/mol. The lowest BCUT2D eigenvalue weighted by Gasteiger charge is -2.24. The Bertz CT molecular complexity index is 753. The van der Waals surface area contributed by atoms with Crippen molar-refractivity contribution in [3.05, 3.63) is 47.5 Å².